The van der Waals surface area contributed by atoms with Crippen molar-refractivity contribution in [3.63, 3.8) is 0 Å². The molecule has 0 atom stereocenters. The standard InChI is InChI=1S/C14H20ClN3O3/c1-10(2)18-8-11(15)7-12(18)14(21)17-5-3-16(4-6-17)9-13(19)20/h7-8,10H,3-6,9H2,1-2H3,(H,19,20). The minimum Gasteiger partial charge on any atom is -0.480 e. The number of aromatic nitrogens is 1. The van der Waals surface area contributed by atoms with Gasteiger partial charge in [-0.3, -0.25) is 14.5 Å². The maximum atomic E-state index is 12.6. The summed E-state index contributed by atoms with van der Waals surface area (Å²) in [5, 5.41) is 9.33. The monoisotopic (exact) mass is 313 g/mol. The van der Waals surface area contributed by atoms with E-state index in [1.807, 2.05) is 23.3 Å². The van der Waals surface area contributed by atoms with Crippen LogP contribution in [0.2, 0.25) is 5.02 Å². The molecule has 1 aromatic rings. The average molecular weight is 314 g/mol. The highest BCUT2D eigenvalue weighted by atomic mass is 35.5. The summed E-state index contributed by atoms with van der Waals surface area (Å²) >= 11 is 6.01. The number of carbonyl (C=O) groups excluding carboxylic acids is 1. The molecule has 7 heteroatoms. The number of rotatable bonds is 4. The van der Waals surface area contributed by atoms with E-state index in [4.69, 9.17) is 16.7 Å². The van der Waals surface area contributed by atoms with E-state index >= 15 is 0 Å². The molecule has 6 nitrogen and oxygen atoms in total. The number of piperazine rings is 1. The zero-order valence-corrected chi connectivity index (χ0v) is 13.0. The lowest BCUT2D eigenvalue weighted by molar-refractivity contribution is -0.138. The summed E-state index contributed by atoms with van der Waals surface area (Å²) in [5.41, 5.74) is 0.585. The fourth-order valence-corrected chi connectivity index (χ4v) is 2.72. The van der Waals surface area contributed by atoms with Crippen molar-refractivity contribution in [2.75, 3.05) is 32.7 Å². The van der Waals surface area contributed by atoms with Gasteiger partial charge in [0.2, 0.25) is 0 Å². The molecule has 0 radical (unpaired) electrons. The van der Waals surface area contributed by atoms with Gasteiger partial charge in [0, 0.05) is 38.4 Å². The van der Waals surface area contributed by atoms with Crippen LogP contribution in [0, 0.1) is 0 Å². The van der Waals surface area contributed by atoms with Gasteiger partial charge >= 0.3 is 5.97 Å². The second-order valence-corrected chi connectivity index (χ2v) is 5.94. The lowest BCUT2D eigenvalue weighted by Gasteiger charge is -2.34. The number of aliphatic carboxylic acids is 1. The molecule has 0 spiro atoms. The van der Waals surface area contributed by atoms with Gasteiger partial charge in [-0.1, -0.05) is 11.6 Å². The topological polar surface area (TPSA) is 65.8 Å². The Bertz CT molecular complexity index is 534. The van der Waals surface area contributed by atoms with Crippen molar-refractivity contribution >= 4 is 23.5 Å². The number of nitrogens with zero attached hydrogens (tertiary/aromatic N) is 3. The van der Waals surface area contributed by atoms with Gasteiger partial charge in [-0.15, -0.1) is 0 Å². The van der Waals surface area contributed by atoms with E-state index in [9.17, 15) is 9.59 Å². The van der Waals surface area contributed by atoms with Gasteiger partial charge in [0.05, 0.1) is 11.6 Å². The highest BCUT2D eigenvalue weighted by molar-refractivity contribution is 6.31. The molecule has 1 aliphatic rings. The molecule has 1 saturated heterocycles. The van der Waals surface area contributed by atoms with Gasteiger partial charge in [0.1, 0.15) is 5.69 Å². The van der Waals surface area contributed by atoms with Crippen molar-refractivity contribution in [2.45, 2.75) is 19.9 Å². The van der Waals surface area contributed by atoms with Crippen molar-refractivity contribution in [1.29, 1.82) is 0 Å². The number of hydrogen-bond donors (Lipinski definition) is 1. The van der Waals surface area contributed by atoms with Gasteiger partial charge in [-0.05, 0) is 19.9 Å². The van der Waals surface area contributed by atoms with E-state index in [1.165, 1.54) is 0 Å². The third-order valence-electron chi connectivity index (χ3n) is 3.61. The zero-order valence-electron chi connectivity index (χ0n) is 12.3. The smallest absolute Gasteiger partial charge is 0.317 e. The zero-order chi connectivity index (χ0) is 15.6. The Morgan fingerprint density at radius 2 is 1.90 bits per heavy atom. The third kappa shape index (κ3) is 3.77. The Kier molecular flexibility index (Phi) is 4.90. The summed E-state index contributed by atoms with van der Waals surface area (Å²) in [5.74, 6) is -0.888. The third-order valence-corrected chi connectivity index (χ3v) is 3.82. The van der Waals surface area contributed by atoms with Gasteiger partial charge in [-0.25, -0.2) is 0 Å². The molecule has 1 amide bonds. The first-order valence-electron chi connectivity index (χ1n) is 6.99. The minimum absolute atomic E-state index is 0.0240. The van der Waals surface area contributed by atoms with Crippen LogP contribution >= 0.6 is 11.6 Å². The van der Waals surface area contributed by atoms with Crippen LogP contribution < -0.4 is 0 Å². The summed E-state index contributed by atoms with van der Waals surface area (Å²) in [6.07, 6.45) is 1.76. The summed E-state index contributed by atoms with van der Waals surface area (Å²) < 4.78 is 1.87. The number of amides is 1. The first-order valence-corrected chi connectivity index (χ1v) is 7.37. The molecule has 1 fully saturated rings. The fraction of sp³-hybridized carbons (Fsp3) is 0.571. The number of carboxylic acids is 1. The molecule has 1 aliphatic heterocycles. The highest BCUT2D eigenvalue weighted by Gasteiger charge is 2.25. The molecule has 0 saturated carbocycles. The quantitative estimate of drug-likeness (QED) is 0.916. The molecular formula is C14H20ClN3O3. The second-order valence-electron chi connectivity index (χ2n) is 5.51. The van der Waals surface area contributed by atoms with E-state index in [1.54, 1.807) is 17.2 Å². The first kappa shape index (κ1) is 15.9. The van der Waals surface area contributed by atoms with E-state index in [0.29, 0.717) is 36.9 Å². The largest absolute Gasteiger partial charge is 0.480 e. The van der Waals surface area contributed by atoms with Crippen LogP contribution in [0.15, 0.2) is 12.3 Å². The van der Waals surface area contributed by atoms with E-state index in [-0.39, 0.29) is 18.5 Å². The first-order chi connectivity index (χ1) is 9.88. The van der Waals surface area contributed by atoms with E-state index in [0.717, 1.165) is 0 Å². The molecule has 0 aliphatic carbocycles. The van der Waals surface area contributed by atoms with Crippen LogP contribution in [0.1, 0.15) is 30.4 Å². The molecule has 0 bridgehead atoms. The van der Waals surface area contributed by atoms with Crippen LogP contribution in [0.5, 0.6) is 0 Å². The van der Waals surface area contributed by atoms with Crippen LogP contribution in [0.3, 0.4) is 0 Å². The normalized spacial score (nSPS) is 16.5. The Morgan fingerprint density at radius 1 is 1.29 bits per heavy atom. The van der Waals surface area contributed by atoms with Crippen molar-refractivity contribution in [3.05, 3.63) is 23.0 Å². The maximum absolute atomic E-state index is 12.6. The number of hydrogen-bond acceptors (Lipinski definition) is 3. The minimum atomic E-state index is -0.838. The highest BCUT2D eigenvalue weighted by Crippen LogP contribution is 2.20. The summed E-state index contributed by atoms with van der Waals surface area (Å²) in [6.45, 7) is 6.24. The molecule has 1 N–H and O–H groups in total. The molecule has 0 unspecified atom stereocenters. The Balaban J connectivity index is 2.04. The average Bonchev–Trinajstić information content (AvgIpc) is 2.80. The predicted octanol–water partition coefficient (Wildman–Crippen LogP) is 1.56. The van der Waals surface area contributed by atoms with E-state index in [2.05, 4.69) is 0 Å². The number of carboxylic acid groups (broad SMARTS) is 1. The van der Waals surface area contributed by atoms with Crippen LogP contribution in [0.25, 0.3) is 0 Å². The molecule has 1 aromatic heterocycles. The number of carbonyl (C=O) groups is 2. The SMILES string of the molecule is CC(C)n1cc(Cl)cc1C(=O)N1CCN(CC(=O)O)CC1. The predicted molar refractivity (Wildman–Crippen MR) is 79.8 cm³/mol. The molecule has 0 aromatic carbocycles. The summed E-state index contributed by atoms with van der Waals surface area (Å²) in [6, 6.07) is 1.85. The van der Waals surface area contributed by atoms with Crippen molar-refractivity contribution in [1.82, 2.24) is 14.4 Å². The van der Waals surface area contributed by atoms with Crippen molar-refractivity contribution in [2.24, 2.45) is 0 Å². The Hall–Kier alpha value is -1.53. The van der Waals surface area contributed by atoms with Gasteiger partial charge in [0.15, 0.2) is 0 Å². The number of halogens is 1. The molecule has 2 heterocycles. The molecular weight excluding hydrogens is 294 g/mol. The second kappa shape index (κ2) is 6.49. The lowest BCUT2D eigenvalue weighted by atomic mass is 10.2. The van der Waals surface area contributed by atoms with E-state index < -0.39 is 5.97 Å². The summed E-state index contributed by atoms with van der Waals surface area (Å²) in [4.78, 5) is 26.9. The summed E-state index contributed by atoms with van der Waals surface area (Å²) in [7, 11) is 0. The Labute approximate surface area is 128 Å². The maximum Gasteiger partial charge on any atom is 0.317 e. The van der Waals surface area contributed by atoms with Crippen LogP contribution in [0.4, 0.5) is 0 Å². The van der Waals surface area contributed by atoms with Gasteiger partial charge in [0.25, 0.3) is 5.91 Å². The van der Waals surface area contributed by atoms with Gasteiger partial charge in [-0.2, -0.15) is 0 Å². The molecule has 116 valence electrons. The molecule has 2 rings (SSSR count). The van der Waals surface area contributed by atoms with Crippen molar-refractivity contribution < 1.29 is 14.7 Å². The van der Waals surface area contributed by atoms with Crippen LogP contribution in [-0.2, 0) is 4.79 Å². The fourth-order valence-electron chi connectivity index (χ4n) is 2.51. The van der Waals surface area contributed by atoms with Gasteiger partial charge < -0.3 is 14.6 Å². The molecule has 21 heavy (non-hydrogen) atoms. The van der Waals surface area contributed by atoms with Crippen molar-refractivity contribution in [3.8, 4) is 0 Å². The van der Waals surface area contributed by atoms with Crippen LogP contribution in [-0.4, -0.2) is 64.1 Å². The lowest BCUT2D eigenvalue weighted by Crippen LogP contribution is -2.50. The Morgan fingerprint density at radius 3 is 2.43 bits per heavy atom.